The summed E-state index contributed by atoms with van der Waals surface area (Å²) in [6.07, 6.45) is 0. The third kappa shape index (κ3) is 1.82. The molecule has 3 N–H and O–H groups in total. The summed E-state index contributed by atoms with van der Waals surface area (Å²) in [6.45, 7) is 2.74. The number of aliphatic hydroxyl groups is 1. The van der Waals surface area contributed by atoms with Crippen LogP contribution in [0.25, 0.3) is 0 Å². The van der Waals surface area contributed by atoms with Crippen molar-refractivity contribution in [2.75, 3.05) is 18.5 Å². The average molecular weight is 178 g/mol. The zero-order valence-electron chi connectivity index (χ0n) is 7.51. The van der Waals surface area contributed by atoms with Gasteiger partial charge in [-0.1, -0.05) is 6.07 Å². The molecule has 0 aliphatic carbocycles. The highest BCUT2D eigenvalue weighted by Crippen LogP contribution is 2.19. The number of aliphatic hydroxyl groups excluding tert-OH is 1. The summed E-state index contributed by atoms with van der Waals surface area (Å²) < 4.78 is 0. The SMILES string of the molecule is OCCNc1ccc2c(c1)CNC2. The molecular weight excluding hydrogens is 164 g/mol. The van der Waals surface area contributed by atoms with Gasteiger partial charge in [0.15, 0.2) is 0 Å². The minimum absolute atomic E-state index is 0.176. The molecule has 70 valence electrons. The normalized spacial score (nSPS) is 14.2. The molecule has 0 spiro atoms. The van der Waals surface area contributed by atoms with Gasteiger partial charge in [-0.2, -0.15) is 0 Å². The fourth-order valence-corrected chi connectivity index (χ4v) is 1.60. The summed E-state index contributed by atoms with van der Waals surface area (Å²) >= 11 is 0. The van der Waals surface area contributed by atoms with E-state index in [1.165, 1.54) is 11.1 Å². The first-order valence-corrected chi connectivity index (χ1v) is 4.57. The van der Waals surface area contributed by atoms with E-state index in [0.29, 0.717) is 6.54 Å². The summed E-state index contributed by atoms with van der Waals surface area (Å²) in [5.41, 5.74) is 3.84. The number of fused-ring (bicyclic) bond motifs is 1. The van der Waals surface area contributed by atoms with Crippen molar-refractivity contribution in [2.45, 2.75) is 13.1 Å². The maximum absolute atomic E-state index is 8.65. The highest BCUT2D eigenvalue weighted by Gasteiger charge is 2.09. The van der Waals surface area contributed by atoms with E-state index in [9.17, 15) is 0 Å². The van der Waals surface area contributed by atoms with E-state index in [1.807, 2.05) is 0 Å². The van der Waals surface area contributed by atoms with E-state index in [2.05, 4.69) is 28.8 Å². The Labute approximate surface area is 77.8 Å². The van der Waals surface area contributed by atoms with Crippen LogP contribution in [0.3, 0.4) is 0 Å². The van der Waals surface area contributed by atoms with Crippen LogP contribution in [-0.2, 0) is 13.1 Å². The van der Waals surface area contributed by atoms with Crippen LogP contribution in [0.1, 0.15) is 11.1 Å². The molecular formula is C10H14N2O. The molecule has 0 amide bonds. The van der Waals surface area contributed by atoms with Crippen LogP contribution in [0.15, 0.2) is 18.2 Å². The second-order valence-corrected chi connectivity index (χ2v) is 3.24. The van der Waals surface area contributed by atoms with Crippen molar-refractivity contribution in [3.05, 3.63) is 29.3 Å². The second-order valence-electron chi connectivity index (χ2n) is 3.24. The first kappa shape index (κ1) is 8.53. The molecule has 0 unspecified atom stereocenters. The van der Waals surface area contributed by atoms with E-state index in [0.717, 1.165) is 18.8 Å². The number of hydrogen-bond acceptors (Lipinski definition) is 3. The Morgan fingerprint density at radius 2 is 2.15 bits per heavy atom. The second kappa shape index (κ2) is 3.77. The smallest absolute Gasteiger partial charge is 0.0604 e. The fourth-order valence-electron chi connectivity index (χ4n) is 1.60. The molecule has 0 saturated carbocycles. The monoisotopic (exact) mass is 178 g/mol. The molecule has 1 heterocycles. The minimum Gasteiger partial charge on any atom is -0.395 e. The van der Waals surface area contributed by atoms with Gasteiger partial charge in [-0.25, -0.2) is 0 Å². The highest BCUT2D eigenvalue weighted by molar-refractivity contribution is 5.49. The molecule has 0 aromatic heterocycles. The van der Waals surface area contributed by atoms with Crippen molar-refractivity contribution >= 4 is 5.69 Å². The standard InChI is InChI=1S/C10H14N2O/c13-4-3-12-10-2-1-8-6-11-7-9(8)5-10/h1-2,5,11-13H,3-4,6-7H2. The first-order valence-electron chi connectivity index (χ1n) is 4.57. The van der Waals surface area contributed by atoms with Crippen LogP contribution in [0, 0.1) is 0 Å². The highest BCUT2D eigenvalue weighted by atomic mass is 16.3. The third-order valence-corrected chi connectivity index (χ3v) is 2.28. The van der Waals surface area contributed by atoms with Crippen LogP contribution in [0.5, 0.6) is 0 Å². The number of benzene rings is 1. The van der Waals surface area contributed by atoms with Gasteiger partial charge >= 0.3 is 0 Å². The van der Waals surface area contributed by atoms with Crippen molar-refractivity contribution in [1.82, 2.24) is 5.32 Å². The summed E-state index contributed by atoms with van der Waals surface area (Å²) in [6, 6.07) is 6.33. The van der Waals surface area contributed by atoms with Crippen molar-refractivity contribution in [2.24, 2.45) is 0 Å². The topological polar surface area (TPSA) is 44.3 Å². The Hall–Kier alpha value is -1.06. The Kier molecular flexibility index (Phi) is 2.47. The Bertz CT molecular complexity index is 299. The number of anilines is 1. The van der Waals surface area contributed by atoms with E-state index in [4.69, 9.17) is 5.11 Å². The molecule has 1 aliphatic rings. The predicted molar refractivity (Wildman–Crippen MR) is 52.6 cm³/mol. The third-order valence-electron chi connectivity index (χ3n) is 2.28. The Morgan fingerprint density at radius 3 is 3.00 bits per heavy atom. The molecule has 0 atom stereocenters. The van der Waals surface area contributed by atoms with Gasteiger partial charge in [-0.3, -0.25) is 0 Å². The van der Waals surface area contributed by atoms with Crippen LogP contribution < -0.4 is 10.6 Å². The van der Waals surface area contributed by atoms with E-state index in [1.54, 1.807) is 0 Å². The summed E-state index contributed by atoms with van der Waals surface area (Å²) in [5.74, 6) is 0. The van der Waals surface area contributed by atoms with Gasteiger partial charge in [0.1, 0.15) is 0 Å². The van der Waals surface area contributed by atoms with Gasteiger partial charge in [0.2, 0.25) is 0 Å². The summed E-state index contributed by atoms with van der Waals surface area (Å²) in [5, 5.41) is 15.1. The van der Waals surface area contributed by atoms with Gasteiger partial charge in [-0.15, -0.1) is 0 Å². The Balaban J connectivity index is 2.12. The quantitative estimate of drug-likeness (QED) is 0.638. The molecule has 13 heavy (non-hydrogen) atoms. The minimum atomic E-state index is 0.176. The van der Waals surface area contributed by atoms with E-state index < -0.39 is 0 Å². The van der Waals surface area contributed by atoms with Gasteiger partial charge in [-0.05, 0) is 23.3 Å². The lowest BCUT2D eigenvalue weighted by Crippen LogP contribution is -2.05. The zero-order chi connectivity index (χ0) is 9.10. The fraction of sp³-hybridized carbons (Fsp3) is 0.400. The van der Waals surface area contributed by atoms with Crippen LogP contribution in [0.4, 0.5) is 5.69 Å². The van der Waals surface area contributed by atoms with E-state index in [-0.39, 0.29) is 6.61 Å². The summed E-state index contributed by atoms with van der Waals surface area (Å²) in [7, 11) is 0. The van der Waals surface area contributed by atoms with Gasteiger partial charge in [0, 0.05) is 25.3 Å². The van der Waals surface area contributed by atoms with Gasteiger partial charge in [0.05, 0.1) is 6.61 Å². The molecule has 1 aliphatic heterocycles. The molecule has 0 radical (unpaired) electrons. The lowest BCUT2D eigenvalue weighted by molar-refractivity contribution is 0.311. The maximum Gasteiger partial charge on any atom is 0.0604 e. The molecule has 0 fully saturated rings. The first-order chi connectivity index (χ1) is 6.40. The predicted octanol–water partition coefficient (Wildman–Crippen LogP) is 0.694. The maximum atomic E-state index is 8.65. The molecule has 2 rings (SSSR count). The van der Waals surface area contributed by atoms with Gasteiger partial charge < -0.3 is 15.7 Å². The van der Waals surface area contributed by atoms with Crippen LogP contribution >= 0.6 is 0 Å². The van der Waals surface area contributed by atoms with Gasteiger partial charge in [0.25, 0.3) is 0 Å². The largest absolute Gasteiger partial charge is 0.395 e. The zero-order valence-corrected chi connectivity index (χ0v) is 7.51. The lowest BCUT2D eigenvalue weighted by Gasteiger charge is -2.05. The molecule has 1 aromatic carbocycles. The summed E-state index contributed by atoms with van der Waals surface area (Å²) in [4.78, 5) is 0. The van der Waals surface area contributed by atoms with Crippen molar-refractivity contribution < 1.29 is 5.11 Å². The molecule has 3 heteroatoms. The van der Waals surface area contributed by atoms with E-state index >= 15 is 0 Å². The van der Waals surface area contributed by atoms with Crippen LogP contribution in [0.2, 0.25) is 0 Å². The van der Waals surface area contributed by atoms with Crippen LogP contribution in [-0.4, -0.2) is 18.3 Å². The molecule has 0 bridgehead atoms. The molecule has 0 saturated heterocycles. The molecule has 1 aromatic rings. The number of rotatable bonds is 3. The Morgan fingerprint density at radius 1 is 1.31 bits per heavy atom. The van der Waals surface area contributed by atoms with Crippen molar-refractivity contribution in [3.63, 3.8) is 0 Å². The molecule has 3 nitrogen and oxygen atoms in total. The number of nitrogens with one attached hydrogen (secondary N) is 2. The number of hydrogen-bond donors (Lipinski definition) is 3. The average Bonchev–Trinajstić information content (AvgIpc) is 2.61. The lowest BCUT2D eigenvalue weighted by atomic mass is 10.1. The van der Waals surface area contributed by atoms with Crippen molar-refractivity contribution in [1.29, 1.82) is 0 Å². The van der Waals surface area contributed by atoms with Crippen molar-refractivity contribution in [3.8, 4) is 0 Å².